The molecule has 17 heavy (non-hydrogen) atoms. The first-order valence-electron chi connectivity index (χ1n) is 5.73. The van der Waals surface area contributed by atoms with E-state index in [2.05, 4.69) is 39.0 Å². The van der Waals surface area contributed by atoms with E-state index in [1.165, 1.54) is 5.69 Å². The summed E-state index contributed by atoms with van der Waals surface area (Å²) < 4.78 is 12.4. The van der Waals surface area contributed by atoms with Crippen molar-refractivity contribution in [2.45, 2.75) is 13.0 Å². The minimum Gasteiger partial charge on any atom is -0.370 e. The van der Waals surface area contributed by atoms with Crippen LogP contribution in [0.4, 0.5) is 5.69 Å². The van der Waals surface area contributed by atoms with Gasteiger partial charge in [0, 0.05) is 51.6 Å². The molecule has 0 bridgehead atoms. The maximum atomic E-state index is 11.3. The zero-order valence-electron chi connectivity index (χ0n) is 9.86. The Morgan fingerprint density at radius 3 is 2.59 bits per heavy atom. The van der Waals surface area contributed by atoms with E-state index < -0.39 is 10.8 Å². The Kier molecular flexibility index (Phi) is 4.22. The third kappa shape index (κ3) is 3.09. The number of hydrogen-bond donors (Lipinski definition) is 1. The molecule has 1 aliphatic heterocycles. The molecule has 1 atom stereocenters. The quantitative estimate of drug-likeness (QED) is 0.908. The molecule has 0 amide bonds. The summed E-state index contributed by atoms with van der Waals surface area (Å²) in [6, 6.07) is 6.30. The smallest absolute Gasteiger partial charge is 0.0411 e. The number of nitrogens with two attached hydrogens (primary N) is 1. The van der Waals surface area contributed by atoms with Crippen LogP contribution in [0.5, 0.6) is 0 Å². The molecule has 1 fully saturated rings. The fraction of sp³-hybridized carbons (Fsp3) is 0.500. The van der Waals surface area contributed by atoms with E-state index >= 15 is 0 Å². The molecule has 1 aromatic carbocycles. The van der Waals surface area contributed by atoms with Gasteiger partial charge in [0.1, 0.15) is 0 Å². The maximum absolute atomic E-state index is 11.3. The van der Waals surface area contributed by atoms with Gasteiger partial charge in [0.2, 0.25) is 0 Å². The molecule has 94 valence electrons. The lowest BCUT2D eigenvalue weighted by molar-refractivity contribution is 0.673. The van der Waals surface area contributed by atoms with Gasteiger partial charge in [0.15, 0.2) is 0 Å². The lowest BCUT2D eigenvalue weighted by Crippen LogP contribution is -2.37. The Balaban J connectivity index is 2.17. The molecule has 2 N–H and O–H groups in total. The average Bonchev–Trinajstić information content (AvgIpc) is 2.29. The van der Waals surface area contributed by atoms with E-state index in [1.807, 2.05) is 6.92 Å². The molecule has 0 unspecified atom stereocenters. The highest BCUT2D eigenvalue weighted by atomic mass is 79.9. The standard InChI is InChI=1S/C12H17BrN2OS/c1-9(14)11-3-2-10(8-12(11)13)15-4-6-17(16)7-5-15/h2-3,8-9H,4-7,14H2,1H3/t9-/m0/s1. The summed E-state index contributed by atoms with van der Waals surface area (Å²) in [7, 11) is -0.625. The molecular formula is C12H17BrN2OS. The summed E-state index contributed by atoms with van der Waals surface area (Å²) in [5.41, 5.74) is 8.18. The van der Waals surface area contributed by atoms with Gasteiger partial charge in [-0.3, -0.25) is 4.21 Å². The third-order valence-corrected chi connectivity index (χ3v) is 4.98. The number of hydrogen-bond acceptors (Lipinski definition) is 3. The van der Waals surface area contributed by atoms with Gasteiger partial charge in [-0.05, 0) is 24.6 Å². The highest BCUT2D eigenvalue weighted by molar-refractivity contribution is 9.10. The lowest BCUT2D eigenvalue weighted by atomic mass is 10.1. The first kappa shape index (κ1) is 13.1. The van der Waals surface area contributed by atoms with Crippen LogP contribution in [0.15, 0.2) is 22.7 Å². The molecule has 0 aliphatic carbocycles. The van der Waals surface area contributed by atoms with Crippen LogP contribution in [0.25, 0.3) is 0 Å². The fourth-order valence-corrected chi connectivity index (χ4v) is 3.76. The maximum Gasteiger partial charge on any atom is 0.0411 e. The Labute approximate surface area is 113 Å². The summed E-state index contributed by atoms with van der Waals surface area (Å²) in [4.78, 5) is 2.27. The molecule has 0 saturated carbocycles. The molecule has 0 spiro atoms. The van der Waals surface area contributed by atoms with Crippen molar-refractivity contribution in [1.82, 2.24) is 0 Å². The number of anilines is 1. The molecule has 5 heteroatoms. The molecule has 1 aliphatic rings. The van der Waals surface area contributed by atoms with Crippen molar-refractivity contribution >= 4 is 32.4 Å². The van der Waals surface area contributed by atoms with Crippen LogP contribution in [0, 0.1) is 0 Å². The van der Waals surface area contributed by atoms with Crippen LogP contribution in [0.2, 0.25) is 0 Å². The third-order valence-electron chi connectivity index (χ3n) is 3.02. The van der Waals surface area contributed by atoms with Gasteiger partial charge in [-0.1, -0.05) is 22.0 Å². The van der Waals surface area contributed by atoms with Crippen LogP contribution < -0.4 is 10.6 Å². The molecular weight excluding hydrogens is 300 g/mol. The van der Waals surface area contributed by atoms with Crippen LogP contribution in [0.1, 0.15) is 18.5 Å². The van der Waals surface area contributed by atoms with E-state index in [1.54, 1.807) is 0 Å². The predicted octanol–water partition coefficient (Wildman–Crippen LogP) is 2.04. The van der Waals surface area contributed by atoms with Crippen molar-refractivity contribution in [1.29, 1.82) is 0 Å². The van der Waals surface area contributed by atoms with Gasteiger partial charge in [-0.25, -0.2) is 0 Å². The van der Waals surface area contributed by atoms with Gasteiger partial charge in [-0.15, -0.1) is 0 Å². The van der Waals surface area contributed by atoms with Crippen molar-refractivity contribution in [3.8, 4) is 0 Å². The van der Waals surface area contributed by atoms with Gasteiger partial charge in [-0.2, -0.15) is 0 Å². The molecule has 1 saturated heterocycles. The number of nitrogens with zero attached hydrogens (tertiary/aromatic N) is 1. The van der Waals surface area contributed by atoms with E-state index in [9.17, 15) is 4.21 Å². The van der Waals surface area contributed by atoms with Crippen LogP contribution in [-0.4, -0.2) is 28.8 Å². The van der Waals surface area contributed by atoms with Gasteiger partial charge >= 0.3 is 0 Å². The normalized spacial score (nSPS) is 19.4. The summed E-state index contributed by atoms with van der Waals surface area (Å²) >= 11 is 3.56. The molecule has 1 heterocycles. The number of rotatable bonds is 2. The van der Waals surface area contributed by atoms with E-state index in [-0.39, 0.29) is 6.04 Å². The SMILES string of the molecule is C[C@H](N)c1ccc(N2CCS(=O)CC2)cc1Br. The van der Waals surface area contributed by atoms with E-state index in [0.29, 0.717) is 0 Å². The van der Waals surface area contributed by atoms with Crippen LogP contribution in [0.3, 0.4) is 0 Å². The Bertz CT molecular complexity index is 427. The van der Waals surface area contributed by atoms with Crippen molar-refractivity contribution in [2.24, 2.45) is 5.73 Å². The Morgan fingerprint density at radius 2 is 2.06 bits per heavy atom. The van der Waals surface area contributed by atoms with Crippen LogP contribution >= 0.6 is 15.9 Å². The van der Waals surface area contributed by atoms with Gasteiger partial charge in [0.25, 0.3) is 0 Å². The predicted molar refractivity (Wildman–Crippen MR) is 76.8 cm³/mol. The van der Waals surface area contributed by atoms with Gasteiger partial charge < -0.3 is 10.6 Å². The highest BCUT2D eigenvalue weighted by Gasteiger charge is 2.16. The van der Waals surface area contributed by atoms with Crippen molar-refractivity contribution < 1.29 is 4.21 Å². The zero-order valence-corrected chi connectivity index (χ0v) is 12.3. The van der Waals surface area contributed by atoms with E-state index in [0.717, 1.165) is 34.6 Å². The lowest BCUT2D eigenvalue weighted by Gasteiger charge is -2.29. The van der Waals surface area contributed by atoms with Crippen molar-refractivity contribution in [2.75, 3.05) is 29.5 Å². The van der Waals surface area contributed by atoms with E-state index in [4.69, 9.17) is 5.73 Å². The Hall–Kier alpha value is -0.390. The topological polar surface area (TPSA) is 46.3 Å². The van der Waals surface area contributed by atoms with Crippen molar-refractivity contribution in [3.63, 3.8) is 0 Å². The second-order valence-electron chi connectivity index (χ2n) is 4.33. The zero-order chi connectivity index (χ0) is 12.4. The highest BCUT2D eigenvalue weighted by Crippen LogP contribution is 2.27. The summed E-state index contributed by atoms with van der Waals surface area (Å²) in [6.45, 7) is 3.72. The second kappa shape index (κ2) is 5.50. The second-order valence-corrected chi connectivity index (χ2v) is 6.88. The first-order chi connectivity index (χ1) is 8.08. The summed E-state index contributed by atoms with van der Waals surface area (Å²) in [5.74, 6) is 1.54. The molecule has 0 aromatic heterocycles. The largest absolute Gasteiger partial charge is 0.370 e. The molecule has 0 radical (unpaired) electrons. The monoisotopic (exact) mass is 316 g/mol. The molecule has 1 aromatic rings. The first-order valence-corrected chi connectivity index (χ1v) is 8.01. The molecule has 3 nitrogen and oxygen atoms in total. The number of benzene rings is 1. The summed E-state index contributed by atoms with van der Waals surface area (Å²) in [6.07, 6.45) is 0. The minimum atomic E-state index is -0.625. The number of halogens is 1. The minimum absolute atomic E-state index is 0.0345. The van der Waals surface area contributed by atoms with Crippen LogP contribution in [-0.2, 0) is 10.8 Å². The van der Waals surface area contributed by atoms with Crippen molar-refractivity contribution in [3.05, 3.63) is 28.2 Å². The fourth-order valence-electron chi connectivity index (χ4n) is 1.98. The Morgan fingerprint density at radius 1 is 1.41 bits per heavy atom. The molecule has 2 rings (SSSR count). The average molecular weight is 317 g/mol. The summed E-state index contributed by atoms with van der Waals surface area (Å²) in [5, 5.41) is 0. The van der Waals surface area contributed by atoms with Gasteiger partial charge in [0.05, 0.1) is 0 Å².